The Hall–Kier alpha value is -2.09. The Labute approximate surface area is 136 Å². The van der Waals surface area contributed by atoms with Crippen LogP contribution in [0.5, 0.6) is 0 Å². The van der Waals surface area contributed by atoms with Crippen LogP contribution in [0.1, 0.15) is 31.0 Å². The van der Waals surface area contributed by atoms with Crippen LogP contribution >= 0.6 is 12.2 Å². The predicted molar refractivity (Wildman–Crippen MR) is 82.4 cm³/mol. The van der Waals surface area contributed by atoms with Gasteiger partial charge in [-0.05, 0) is 43.8 Å². The van der Waals surface area contributed by atoms with E-state index in [9.17, 15) is 18.0 Å². The third-order valence-corrected chi connectivity index (χ3v) is 3.53. The highest BCUT2D eigenvalue weighted by molar-refractivity contribution is 7.80. The number of ether oxygens (including phenoxy) is 1. The minimum Gasteiger partial charge on any atom is -0.463 e. The molecule has 0 amide bonds. The number of halogens is 3. The SMILES string of the molecule is CCOC(=O)C1=C(C)NC(=S)N[C@H]1c1cccc(C(F)(F)F)c1. The van der Waals surface area contributed by atoms with Gasteiger partial charge in [-0.3, -0.25) is 0 Å². The topological polar surface area (TPSA) is 50.4 Å². The first-order chi connectivity index (χ1) is 10.7. The second-order valence-electron chi connectivity index (χ2n) is 4.91. The zero-order valence-corrected chi connectivity index (χ0v) is 13.3. The Morgan fingerprint density at radius 2 is 2.09 bits per heavy atom. The van der Waals surface area contributed by atoms with Crippen LogP contribution in [0.15, 0.2) is 35.5 Å². The molecule has 4 nitrogen and oxygen atoms in total. The zero-order chi connectivity index (χ0) is 17.2. The summed E-state index contributed by atoms with van der Waals surface area (Å²) in [7, 11) is 0. The largest absolute Gasteiger partial charge is 0.463 e. The number of carbonyl (C=O) groups excluding carboxylic acids is 1. The monoisotopic (exact) mass is 344 g/mol. The number of thiocarbonyl (C=S) groups is 1. The van der Waals surface area contributed by atoms with Crippen LogP contribution in [0.4, 0.5) is 13.2 Å². The van der Waals surface area contributed by atoms with Crippen molar-refractivity contribution in [3.8, 4) is 0 Å². The van der Waals surface area contributed by atoms with Crippen LogP contribution in [0.2, 0.25) is 0 Å². The van der Waals surface area contributed by atoms with Crippen molar-refractivity contribution in [3.05, 3.63) is 46.7 Å². The maximum absolute atomic E-state index is 12.9. The number of carbonyl (C=O) groups is 1. The molecule has 124 valence electrons. The average Bonchev–Trinajstić information content (AvgIpc) is 2.45. The summed E-state index contributed by atoms with van der Waals surface area (Å²) in [6, 6.07) is 3.97. The summed E-state index contributed by atoms with van der Waals surface area (Å²) in [6.45, 7) is 3.44. The number of alkyl halides is 3. The van der Waals surface area contributed by atoms with Gasteiger partial charge in [0, 0.05) is 5.70 Å². The van der Waals surface area contributed by atoms with Crippen LogP contribution in [0, 0.1) is 0 Å². The summed E-state index contributed by atoms with van der Waals surface area (Å²) >= 11 is 5.04. The number of esters is 1. The fourth-order valence-electron chi connectivity index (χ4n) is 2.32. The number of allylic oxidation sites excluding steroid dienone is 1. The van der Waals surface area contributed by atoms with E-state index < -0.39 is 23.8 Å². The van der Waals surface area contributed by atoms with E-state index in [0.717, 1.165) is 12.1 Å². The van der Waals surface area contributed by atoms with Crippen molar-refractivity contribution in [1.82, 2.24) is 10.6 Å². The standard InChI is InChI=1S/C15H15F3N2O2S/c1-3-22-13(21)11-8(2)19-14(23)20-12(11)9-5-4-6-10(7-9)15(16,17)18/h4-7,12H,3H2,1-2H3,(H2,19,20,23)/t12-/m0/s1. The zero-order valence-electron chi connectivity index (χ0n) is 12.5. The minimum absolute atomic E-state index is 0.162. The van der Waals surface area contributed by atoms with Gasteiger partial charge in [-0.2, -0.15) is 13.2 Å². The average molecular weight is 344 g/mol. The van der Waals surface area contributed by atoms with Gasteiger partial charge in [0.2, 0.25) is 0 Å². The lowest BCUT2D eigenvalue weighted by molar-refractivity contribution is -0.139. The van der Waals surface area contributed by atoms with Gasteiger partial charge in [-0.25, -0.2) is 4.79 Å². The molecule has 0 radical (unpaired) electrons. The van der Waals surface area contributed by atoms with Crippen molar-refractivity contribution in [1.29, 1.82) is 0 Å². The number of benzene rings is 1. The molecule has 0 fully saturated rings. The smallest absolute Gasteiger partial charge is 0.416 e. The molecule has 0 bridgehead atoms. The Morgan fingerprint density at radius 3 is 2.70 bits per heavy atom. The number of rotatable bonds is 3. The quantitative estimate of drug-likeness (QED) is 0.652. The Balaban J connectivity index is 2.48. The third kappa shape index (κ3) is 3.82. The second kappa shape index (κ2) is 6.57. The van der Waals surface area contributed by atoms with Gasteiger partial charge in [-0.15, -0.1) is 0 Å². The van der Waals surface area contributed by atoms with Crippen molar-refractivity contribution in [2.24, 2.45) is 0 Å². The van der Waals surface area contributed by atoms with E-state index in [-0.39, 0.29) is 22.9 Å². The van der Waals surface area contributed by atoms with Crippen LogP contribution in [-0.4, -0.2) is 17.7 Å². The summed E-state index contributed by atoms with van der Waals surface area (Å²) in [5, 5.41) is 5.85. The van der Waals surface area contributed by atoms with E-state index in [1.165, 1.54) is 12.1 Å². The Kier molecular flexibility index (Phi) is 4.93. The molecule has 0 aromatic heterocycles. The molecule has 8 heteroatoms. The van der Waals surface area contributed by atoms with Gasteiger partial charge in [0.1, 0.15) is 0 Å². The summed E-state index contributed by atoms with van der Waals surface area (Å²) in [6.07, 6.45) is -4.47. The lowest BCUT2D eigenvalue weighted by Gasteiger charge is -2.30. The maximum Gasteiger partial charge on any atom is 0.416 e. The number of nitrogens with one attached hydrogen (secondary N) is 2. The molecule has 2 rings (SSSR count). The highest BCUT2D eigenvalue weighted by atomic mass is 32.1. The van der Waals surface area contributed by atoms with Crippen molar-refractivity contribution in [2.45, 2.75) is 26.1 Å². The molecule has 2 N–H and O–H groups in total. The van der Waals surface area contributed by atoms with Crippen LogP contribution in [0.3, 0.4) is 0 Å². The summed E-state index contributed by atoms with van der Waals surface area (Å²) in [5.74, 6) is -0.602. The highest BCUT2D eigenvalue weighted by Crippen LogP contribution is 2.33. The first-order valence-electron chi connectivity index (χ1n) is 6.86. The van der Waals surface area contributed by atoms with E-state index in [2.05, 4.69) is 10.6 Å². The molecule has 0 saturated carbocycles. The lowest BCUT2D eigenvalue weighted by Crippen LogP contribution is -2.45. The summed E-state index contributed by atoms with van der Waals surface area (Å²) < 4.78 is 43.7. The lowest BCUT2D eigenvalue weighted by atomic mass is 9.94. The predicted octanol–water partition coefficient (Wildman–Crippen LogP) is 3.06. The number of hydrogen-bond donors (Lipinski definition) is 2. The molecule has 23 heavy (non-hydrogen) atoms. The third-order valence-electron chi connectivity index (χ3n) is 3.31. The molecule has 0 saturated heterocycles. The van der Waals surface area contributed by atoms with Crippen molar-refractivity contribution in [3.63, 3.8) is 0 Å². The fraction of sp³-hybridized carbons (Fsp3) is 0.333. The maximum atomic E-state index is 12.9. The van der Waals surface area contributed by atoms with Gasteiger partial charge in [0.05, 0.1) is 23.8 Å². The fourth-order valence-corrected chi connectivity index (χ4v) is 2.59. The van der Waals surface area contributed by atoms with E-state index >= 15 is 0 Å². The van der Waals surface area contributed by atoms with Gasteiger partial charge in [0.25, 0.3) is 0 Å². The molecular formula is C15H15F3N2O2S. The number of hydrogen-bond acceptors (Lipinski definition) is 3. The van der Waals surface area contributed by atoms with Crippen LogP contribution in [0.25, 0.3) is 0 Å². The van der Waals surface area contributed by atoms with Gasteiger partial charge in [0.15, 0.2) is 5.11 Å². The molecule has 1 aromatic rings. The van der Waals surface area contributed by atoms with Gasteiger partial charge in [-0.1, -0.05) is 12.1 Å². The molecule has 1 heterocycles. The molecule has 1 aliphatic rings. The molecule has 1 aliphatic heterocycles. The van der Waals surface area contributed by atoms with Crippen molar-refractivity contribution >= 4 is 23.3 Å². The van der Waals surface area contributed by atoms with E-state index in [1.54, 1.807) is 13.8 Å². The van der Waals surface area contributed by atoms with Crippen molar-refractivity contribution < 1.29 is 22.7 Å². The van der Waals surface area contributed by atoms with E-state index in [0.29, 0.717) is 5.70 Å². The highest BCUT2D eigenvalue weighted by Gasteiger charge is 2.34. The molecular weight excluding hydrogens is 329 g/mol. The molecule has 1 atom stereocenters. The van der Waals surface area contributed by atoms with E-state index in [4.69, 9.17) is 17.0 Å². The van der Waals surface area contributed by atoms with Gasteiger partial charge < -0.3 is 15.4 Å². The summed E-state index contributed by atoms with van der Waals surface area (Å²) in [4.78, 5) is 12.2. The molecule has 0 unspecified atom stereocenters. The summed E-state index contributed by atoms with van der Waals surface area (Å²) in [5.41, 5.74) is 0.155. The first kappa shape index (κ1) is 17.3. The second-order valence-corrected chi connectivity index (χ2v) is 5.32. The first-order valence-corrected chi connectivity index (χ1v) is 7.27. The van der Waals surface area contributed by atoms with E-state index in [1.807, 2.05) is 0 Å². The van der Waals surface area contributed by atoms with Crippen LogP contribution < -0.4 is 10.6 Å². The van der Waals surface area contributed by atoms with Gasteiger partial charge >= 0.3 is 12.1 Å². The Morgan fingerprint density at radius 1 is 1.39 bits per heavy atom. The minimum atomic E-state index is -4.47. The van der Waals surface area contributed by atoms with Crippen molar-refractivity contribution in [2.75, 3.05) is 6.61 Å². The molecule has 0 spiro atoms. The Bertz CT molecular complexity index is 671. The normalized spacial score (nSPS) is 18.3. The molecule has 0 aliphatic carbocycles. The molecule has 1 aromatic carbocycles. The van der Waals surface area contributed by atoms with Crippen LogP contribution in [-0.2, 0) is 15.7 Å².